The van der Waals surface area contributed by atoms with E-state index in [1.807, 2.05) is 38.2 Å². The zero-order valence-corrected chi connectivity index (χ0v) is 17.6. The molecule has 0 fully saturated rings. The molecule has 30 heavy (non-hydrogen) atoms. The molecule has 9 heteroatoms. The van der Waals surface area contributed by atoms with E-state index in [9.17, 15) is 4.79 Å². The predicted molar refractivity (Wildman–Crippen MR) is 114 cm³/mol. The van der Waals surface area contributed by atoms with Gasteiger partial charge in [-0.3, -0.25) is 4.79 Å². The van der Waals surface area contributed by atoms with Crippen LogP contribution in [-0.2, 0) is 11.8 Å². The van der Waals surface area contributed by atoms with Gasteiger partial charge in [-0.05, 0) is 43.3 Å². The fraction of sp³-hybridized carbons (Fsp3) is 0.238. The number of aromatic nitrogens is 3. The van der Waals surface area contributed by atoms with E-state index in [2.05, 4.69) is 21.6 Å². The van der Waals surface area contributed by atoms with Gasteiger partial charge in [-0.25, -0.2) is 0 Å². The van der Waals surface area contributed by atoms with Crippen molar-refractivity contribution in [2.24, 2.45) is 7.05 Å². The quantitative estimate of drug-likeness (QED) is 0.553. The molecule has 0 aliphatic carbocycles. The summed E-state index contributed by atoms with van der Waals surface area (Å²) in [6, 6.07) is 16.2. The van der Waals surface area contributed by atoms with Crippen LogP contribution < -0.4 is 14.8 Å². The molecule has 1 aromatic heterocycles. The van der Waals surface area contributed by atoms with Crippen molar-refractivity contribution >= 4 is 23.4 Å². The third-order valence-electron chi connectivity index (χ3n) is 4.26. The number of rotatable bonds is 8. The molecule has 3 rings (SSSR count). The second-order valence-corrected chi connectivity index (χ2v) is 7.27. The maximum absolute atomic E-state index is 12.3. The lowest BCUT2D eigenvalue weighted by Gasteiger charge is -2.14. The number of para-hydroxylation sites is 1. The average molecular weight is 423 g/mol. The standard InChI is InChI=1S/C21H21N5O3S/c1-14(29-17-10-8-16(28-3)9-11-17)20-24-25-21(26(20)2)30-13-19(27)23-18-7-5-4-6-15(18)12-22/h4-11,14H,13H2,1-3H3,(H,23,27)/t14-/m1/s1. The molecule has 0 aliphatic heterocycles. The summed E-state index contributed by atoms with van der Waals surface area (Å²) in [6.45, 7) is 1.88. The Bertz CT molecular complexity index is 1060. The number of carbonyl (C=O) groups excluding carboxylic acids is 1. The Morgan fingerprint density at radius 1 is 1.20 bits per heavy atom. The van der Waals surface area contributed by atoms with Crippen molar-refractivity contribution < 1.29 is 14.3 Å². The summed E-state index contributed by atoms with van der Waals surface area (Å²) in [6.07, 6.45) is -0.332. The second kappa shape index (κ2) is 9.80. The largest absolute Gasteiger partial charge is 0.497 e. The van der Waals surface area contributed by atoms with Crippen molar-refractivity contribution in [2.45, 2.75) is 18.2 Å². The lowest BCUT2D eigenvalue weighted by Crippen LogP contribution is -2.15. The minimum Gasteiger partial charge on any atom is -0.497 e. The van der Waals surface area contributed by atoms with Crippen molar-refractivity contribution in [2.75, 3.05) is 18.2 Å². The summed E-state index contributed by atoms with van der Waals surface area (Å²) in [5.74, 6) is 2.00. The maximum atomic E-state index is 12.3. The normalized spacial score (nSPS) is 11.4. The van der Waals surface area contributed by atoms with Gasteiger partial charge in [0.2, 0.25) is 5.91 Å². The third kappa shape index (κ3) is 5.10. The molecule has 1 heterocycles. The highest BCUT2D eigenvalue weighted by Gasteiger charge is 2.18. The highest BCUT2D eigenvalue weighted by molar-refractivity contribution is 7.99. The lowest BCUT2D eigenvalue weighted by atomic mass is 10.2. The predicted octanol–water partition coefficient (Wildman–Crippen LogP) is 3.57. The summed E-state index contributed by atoms with van der Waals surface area (Å²) in [5.41, 5.74) is 0.909. The molecule has 0 spiro atoms. The van der Waals surface area contributed by atoms with Crippen LogP contribution >= 0.6 is 11.8 Å². The first-order valence-electron chi connectivity index (χ1n) is 9.13. The number of hydrogen-bond acceptors (Lipinski definition) is 7. The topological polar surface area (TPSA) is 102 Å². The van der Waals surface area contributed by atoms with Crippen molar-refractivity contribution in [3.05, 3.63) is 59.9 Å². The van der Waals surface area contributed by atoms with Crippen molar-refractivity contribution in [1.82, 2.24) is 14.8 Å². The van der Waals surface area contributed by atoms with Crippen LogP contribution in [0.1, 0.15) is 24.4 Å². The number of nitrogens with zero attached hydrogens (tertiary/aromatic N) is 4. The Balaban J connectivity index is 1.59. The number of benzene rings is 2. The van der Waals surface area contributed by atoms with Crippen molar-refractivity contribution in [3.8, 4) is 17.6 Å². The minimum atomic E-state index is -0.332. The van der Waals surface area contributed by atoms with Gasteiger partial charge in [-0.2, -0.15) is 5.26 Å². The Morgan fingerprint density at radius 2 is 1.90 bits per heavy atom. The van der Waals surface area contributed by atoms with Crippen LogP contribution in [0.2, 0.25) is 0 Å². The molecule has 154 valence electrons. The van der Waals surface area contributed by atoms with Crippen LogP contribution in [0.5, 0.6) is 11.5 Å². The molecule has 8 nitrogen and oxygen atoms in total. The molecule has 3 aromatic rings. The van der Waals surface area contributed by atoms with E-state index < -0.39 is 0 Å². The molecule has 0 saturated carbocycles. The summed E-state index contributed by atoms with van der Waals surface area (Å²) in [4.78, 5) is 12.3. The molecule has 0 aliphatic rings. The van der Waals surface area contributed by atoms with Gasteiger partial charge in [0.25, 0.3) is 0 Å². The number of nitriles is 1. The van der Waals surface area contributed by atoms with E-state index in [0.29, 0.717) is 28.0 Å². The second-order valence-electron chi connectivity index (χ2n) is 6.33. The van der Waals surface area contributed by atoms with Gasteiger partial charge < -0.3 is 19.4 Å². The number of ether oxygens (including phenoxy) is 2. The Kier molecular flexibility index (Phi) is 6.93. The van der Waals surface area contributed by atoms with E-state index >= 15 is 0 Å². The van der Waals surface area contributed by atoms with E-state index in [0.717, 1.165) is 5.75 Å². The maximum Gasteiger partial charge on any atom is 0.234 e. The lowest BCUT2D eigenvalue weighted by molar-refractivity contribution is -0.113. The first-order chi connectivity index (χ1) is 14.5. The molecule has 0 unspecified atom stereocenters. The van der Waals surface area contributed by atoms with Gasteiger partial charge >= 0.3 is 0 Å². The number of amides is 1. The van der Waals surface area contributed by atoms with Crippen LogP contribution in [0.15, 0.2) is 53.7 Å². The molecule has 1 amide bonds. The number of thioether (sulfide) groups is 1. The average Bonchev–Trinajstić information content (AvgIpc) is 3.13. The number of methoxy groups -OCH3 is 1. The van der Waals surface area contributed by atoms with Crippen LogP contribution in [0.25, 0.3) is 0 Å². The fourth-order valence-electron chi connectivity index (χ4n) is 2.72. The SMILES string of the molecule is COc1ccc(O[C@H](C)c2nnc(SCC(=O)Nc3ccccc3C#N)n2C)cc1. The Morgan fingerprint density at radius 3 is 2.60 bits per heavy atom. The highest BCUT2D eigenvalue weighted by Crippen LogP contribution is 2.25. The molecular formula is C21H21N5O3S. The molecular weight excluding hydrogens is 402 g/mol. The third-order valence-corrected chi connectivity index (χ3v) is 5.28. The monoisotopic (exact) mass is 423 g/mol. The zero-order valence-electron chi connectivity index (χ0n) is 16.8. The molecule has 1 atom stereocenters. The minimum absolute atomic E-state index is 0.138. The van der Waals surface area contributed by atoms with Gasteiger partial charge in [0.05, 0.1) is 24.1 Å². The highest BCUT2D eigenvalue weighted by atomic mass is 32.2. The summed E-state index contributed by atoms with van der Waals surface area (Å²) >= 11 is 1.26. The molecule has 2 aromatic carbocycles. The van der Waals surface area contributed by atoms with E-state index in [-0.39, 0.29) is 17.8 Å². The van der Waals surface area contributed by atoms with Crippen LogP contribution in [0.3, 0.4) is 0 Å². The van der Waals surface area contributed by atoms with Gasteiger partial charge in [-0.1, -0.05) is 23.9 Å². The fourth-order valence-corrected chi connectivity index (χ4v) is 3.44. The molecule has 0 bridgehead atoms. The smallest absolute Gasteiger partial charge is 0.234 e. The Labute approximate surface area is 178 Å². The molecule has 0 saturated heterocycles. The molecule has 1 N–H and O–H groups in total. The van der Waals surface area contributed by atoms with Crippen molar-refractivity contribution in [1.29, 1.82) is 5.26 Å². The number of hydrogen-bond donors (Lipinski definition) is 1. The summed E-state index contributed by atoms with van der Waals surface area (Å²) < 4.78 is 12.9. The van der Waals surface area contributed by atoms with Gasteiger partial charge in [0, 0.05) is 7.05 Å². The summed E-state index contributed by atoms with van der Waals surface area (Å²) in [7, 11) is 3.44. The molecule has 0 radical (unpaired) electrons. The number of nitrogens with one attached hydrogen (secondary N) is 1. The van der Waals surface area contributed by atoms with Crippen LogP contribution in [-0.4, -0.2) is 33.5 Å². The Hall–Kier alpha value is -3.51. The van der Waals surface area contributed by atoms with E-state index in [1.165, 1.54) is 11.8 Å². The first-order valence-corrected chi connectivity index (χ1v) is 10.1. The zero-order chi connectivity index (χ0) is 21.5. The van der Waals surface area contributed by atoms with Gasteiger partial charge in [0.15, 0.2) is 17.1 Å². The van der Waals surface area contributed by atoms with Crippen molar-refractivity contribution in [3.63, 3.8) is 0 Å². The van der Waals surface area contributed by atoms with Crippen LogP contribution in [0.4, 0.5) is 5.69 Å². The first kappa shape index (κ1) is 21.2. The van der Waals surface area contributed by atoms with Gasteiger partial charge in [-0.15, -0.1) is 10.2 Å². The summed E-state index contributed by atoms with van der Waals surface area (Å²) in [5, 5.41) is 20.8. The van der Waals surface area contributed by atoms with E-state index in [4.69, 9.17) is 14.7 Å². The van der Waals surface area contributed by atoms with E-state index in [1.54, 1.807) is 35.9 Å². The van der Waals surface area contributed by atoms with Crippen LogP contribution in [0, 0.1) is 11.3 Å². The van der Waals surface area contributed by atoms with Gasteiger partial charge in [0.1, 0.15) is 17.6 Å². The number of carbonyl (C=O) groups is 1. The number of anilines is 1.